The lowest BCUT2D eigenvalue weighted by Crippen LogP contribution is -2.58. The average molecular weight is 752 g/mol. The standard InChI is InChI=1S/C41H45N5O7S/c1-5-28-24-41(28,40(49)44-54(50,51)31-17-18-31)43-38(47)35-22-30(25-46(35)39(48)36(45(2)3)20-26-12-8-6-9-13-26)53-37-23-33(27-14-10-7-11-15-27)42-34-21-29(52-4)16-19-32(34)37/h5-16,19,21,23,28,30-31,35-36H,1,17-18,20,22,24-25H2,2-4H3,(H,43,47)(H,44,49)/t28-,30+,35+,36+,41?/m0/s1. The number of hydrogen-bond donors (Lipinski definition) is 2. The number of rotatable bonds is 14. The highest BCUT2D eigenvalue weighted by atomic mass is 32.2. The molecule has 1 aliphatic heterocycles. The number of nitrogens with zero attached hydrogens (tertiary/aromatic N) is 3. The topological polar surface area (TPSA) is 147 Å². The average Bonchev–Trinajstić information content (AvgIpc) is 4.10. The maximum atomic E-state index is 14.6. The third kappa shape index (κ3) is 7.56. The van der Waals surface area contributed by atoms with Gasteiger partial charge < -0.3 is 19.7 Å². The van der Waals surface area contributed by atoms with Crippen molar-refractivity contribution >= 4 is 38.6 Å². The number of sulfonamides is 1. The Morgan fingerprint density at radius 3 is 2.37 bits per heavy atom. The zero-order valence-corrected chi connectivity index (χ0v) is 31.4. The first-order chi connectivity index (χ1) is 25.9. The molecule has 2 N–H and O–H groups in total. The van der Waals surface area contributed by atoms with Crippen molar-refractivity contribution in [2.45, 2.75) is 61.1 Å². The minimum absolute atomic E-state index is 0.0941. The first-order valence-electron chi connectivity index (χ1n) is 18.1. The fraction of sp³-hybridized carbons (Fsp3) is 0.366. The van der Waals surface area contributed by atoms with E-state index >= 15 is 0 Å². The molecule has 1 saturated heterocycles. The number of ether oxygens (including phenoxy) is 2. The summed E-state index contributed by atoms with van der Waals surface area (Å²) in [6, 6.07) is 25.1. The number of benzene rings is 3. The Bertz CT molecular complexity index is 2180. The quantitative estimate of drug-likeness (QED) is 0.182. The first kappa shape index (κ1) is 37.1. The third-order valence-corrected chi connectivity index (χ3v) is 12.4. The number of carbonyl (C=O) groups is 3. The molecule has 282 valence electrons. The van der Waals surface area contributed by atoms with Crippen molar-refractivity contribution in [1.82, 2.24) is 24.8 Å². The molecular formula is C41H45N5O7S. The molecular weight excluding hydrogens is 707 g/mol. The Morgan fingerprint density at radius 2 is 1.74 bits per heavy atom. The van der Waals surface area contributed by atoms with Gasteiger partial charge in [-0.1, -0.05) is 66.7 Å². The molecule has 5 atom stereocenters. The maximum Gasteiger partial charge on any atom is 0.259 e. The van der Waals surface area contributed by atoms with Gasteiger partial charge in [0, 0.05) is 35.4 Å². The van der Waals surface area contributed by atoms with Crippen molar-refractivity contribution in [2.24, 2.45) is 5.92 Å². The molecule has 2 aliphatic carbocycles. The van der Waals surface area contributed by atoms with Gasteiger partial charge in [-0.3, -0.25) is 24.0 Å². The zero-order valence-electron chi connectivity index (χ0n) is 30.6. The lowest BCUT2D eigenvalue weighted by Gasteiger charge is -2.32. The van der Waals surface area contributed by atoms with Crippen molar-refractivity contribution in [1.29, 1.82) is 0 Å². The summed E-state index contributed by atoms with van der Waals surface area (Å²) in [7, 11) is 1.37. The van der Waals surface area contributed by atoms with Gasteiger partial charge in [-0.05, 0) is 57.5 Å². The molecule has 2 saturated carbocycles. The number of fused-ring (bicyclic) bond motifs is 1. The van der Waals surface area contributed by atoms with Crippen molar-refractivity contribution in [3.05, 3.63) is 103 Å². The molecule has 0 bridgehead atoms. The summed E-state index contributed by atoms with van der Waals surface area (Å²) in [5.41, 5.74) is 1.68. The van der Waals surface area contributed by atoms with E-state index in [0.29, 0.717) is 42.0 Å². The van der Waals surface area contributed by atoms with Gasteiger partial charge in [0.25, 0.3) is 5.91 Å². The Kier molecular flexibility index (Phi) is 10.2. The van der Waals surface area contributed by atoms with Crippen LogP contribution in [-0.4, -0.2) is 97.6 Å². The summed E-state index contributed by atoms with van der Waals surface area (Å²) < 4.78 is 39.9. The number of amides is 3. The number of likely N-dealkylation sites (tertiary alicyclic amines) is 1. The van der Waals surface area contributed by atoms with Gasteiger partial charge in [-0.25, -0.2) is 13.4 Å². The van der Waals surface area contributed by atoms with Crippen LogP contribution in [0.2, 0.25) is 0 Å². The van der Waals surface area contributed by atoms with E-state index in [1.165, 1.54) is 4.90 Å². The molecule has 1 aromatic heterocycles. The molecule has 3 aliphatic rings. The molecule has 3 aromatic carbocycles. The van der Waals surface area contributed by atoms with E-state index < -0.39 is 56.7 Å². The molecule has 3 amide bonds. The maximum absolute atomic E-state index is 14.6. The van der Waals surface area contributed by atoms with Crippen LogP contribution in [0.4, 0.5) is 0 Å². The van der Waals surface area contributed by atoms with Gasteiger partial charge >= 0.3 is 0 Å². The summed E-state index contributed by atoms with van der Waals surface area (Å²) in [5.74, 6) is -0.936. The van der Waals surface area contributed by atoms with E-state index in [1.807, 2.05) is 104 Å². The Balaban J connectivity index is 1.21. The minimum atomic E-state index is -3.87. The van der Waals surface area contributed by atoms with Crippen LogP contribution >= 0.6 is 0 Å². The van der Waals surface area contributed by atoms with Crippen LogP contribution in [0.3, 0.4) is 0 Å². The summed E-state index contributed by atoms with van der Waals surface area (Å²) in [4.78, 5) is 50.8. The Labute approximate surface area is 315 Å². The number of carbonyl (C=O) groups excluding carboxylic acids is 3. The van der Waals surface area contributed by atoms with E-state index in [4.69, 9.17) is 14.5 Å². The number of methoxy groups -OCH3 is 1. The molecule has 2 heterocycles. The fourth-order valence-electron chi connectivity index (χ4n) is 7.25. The minimum Gasteiger partial charge on any atom is -0.497 e. The van der Waals surface area contributed by atoms with Crippen molar-refractivity contribution < 1.29 is 32.3 Å². The van der Waals surface area contributed by atoms with Gasteiger partial charge in [0.2, 0.25) is 21.8 Å². The second-order valence-corrected chi connectivity index (χ2v) is 16.5. The Hall–Kier alpha value is -5.27. The van der Waals surface area contributed by atoms with E-state index in [2.05, 4.69) is 16.6 Å². The highest BCUT2D eigenvalue weighted by Crippen LogP contribution is 2.45. The van der Waals surface area contributed by atoms with E-state index in [1.54, 1.807) is 13.2 Å². The monoisotopic (exact) mass is 751 g/mol. The van der Waals surface area contributed by atoms with Crippen LogP contribution in [0.1, 0.15) is 31.2 Å². The fourth-order valence-corrected chi connectivity index (χ4v) is 8.61. The van der Waals surface area contributed by atoms with Crippen molar-refractivity contribution in [3.8, 4) is 22.8 Å². The predicted molar refractivity (Wildman–Crippen MR) is 205 cm³/mol. The molecule has 54 heavy (non-hydrogen) atoms. The highest BCUT2D eigenvalue weighted by Gasteiger charge is 2.62. The molecule has 12 nitrogen and oxygen atoms in total. The molecule has 4 aromatic rings. The summed E-state index contributed by atoms with van der Waals surface area (Å²) in [6.07, 6.45) is 2.62. The van der Waals surface area contributed by atoms with Gasteiger partial charge in [0.1, 0.15) is 29.2 Å². The van der Waals surface area contributed by atoms with E-state index in [9.17, 15) is 22.8 Å². The van der Waals surface area contributed by atoms with Crippen molar-refractivity contribution in [2.75, 3.05) is 27.7 Å². The highest BCUT2D eigenvalue weighted by molar-refractivity contribution is 7.91. The summed E-state index contributed by atoms with van der Waals surface area (Å²) in [5, 5.41) is 3.00. The smallest absolute Gasteiger partial charge is 0.259 e. The largest absolute Gasteiger partial charge is 0.497 e. The second-order valence-electron chi connectivity index (χ2n) is 14.6. The van der Waals surface area contributed by atoms with Crippen LogP contribution in [0.5, 0.6) is 11.5 Å². The summed E-state index contributed by atoms with van der Waals surface area (Å²) in [6.45, 7) is 3.91. The molecule has 7 rings (SSSR count). The molecule has 13 heteroatoms. The van der Waals surface area contributed by atoms with Crippen molar-refractivity contribution in [3.63, 3.8) is 0 Å². The SMILES string of the molecule is C=C[C@H]1CC1(NC(=O)[C@H]1C[C@@H](Oc2cc(-c3ccccc3)nc3cc(OC)ccc23)CN1C(=O)[C@@H](Cc1ccccc1)N(C)C)C(=O)NS(=O)(=O)C1CC1. The number of aromatic nitrogens is 1. The zero-order chi connectivity index (χ0) is 38.2. The van der Waals surface area contributed by atoms with Crippen LogP contribution in [0.25, 0.3) is 22.2 Å². The lowest BCUT2D eigenvalue weighted by atomic mass is 10.0. The van der Waals surface area contributed by atoms with Crippen LogP contribution in [-0.2, 0) is 30.8 Å². The van der Waals surface area contributed by atoms with Crippen LogP contribution < -0.4 is 19.5 Å². The van der Waals surface area contributed by atoms with Gasteiger partial charge in [-0.2, -0.15) is 0 Å². The number of likely N-dealkylation sites (N-methyl/N-ethyl adjacent to an activating group) is 1. The van der Waals surface area contributed by atoms with Gasteiger partial charge in [-0.15, -0.1) is 6.58 Å². The first-order valence-corrected chi connectivity index (χ1v) is 19.7. The number of hydrogen-bond acceptors (Lipinski definition) is 9. The van der Waals surface area contributed by atoms with Gasteiger partial charge in [0.05, 0.1) is 36.2 Å². The van der Waals surface area contributed by atoms with E-state index in [0.717, 1.165) is 16.5 Å². The molecule has 0 spiro atoms. The molecule has 3 fully saturated rings. The predicted octanol–water partition coefficient (Wildman–Crippen LogP) is 4.10. The Morgan fingerprint density at radius 1 is 1.04 bits per heavy atom. The van der Waals surface area contributed by atoms with E-state index in [-0.39, 0.29) is 25.3 Å². The normalized spacial score (nSPS) is 22.7. The third-order valence-electron chi connectivity index (χ3n) is 10.6. The molecule has 0 radical (unpaired) electrons. The van der Waals surface area contributed by atoms with Crippen LogP contribution in [0.15, 0.2) is 97.6 Å². The van der Waals surface area contributed by atoms with Gasteiger partial charge in [0.15, 0.2) is 0 Å². The number of pyridine rings is 1. The lowest BCUT2D eigenvalue weighted by molar-refractivity contribution is -0.143. The number of nitrogens with one attached hydrogen (secondary N) is 2. The molecule has 1 unspecified atom stereocenters. The van der Waals surface area contributed by atoms with Crippen LogP contribution in [0, 0.1) is 5.92 Å². The second kappa shape index (κ2) is 14.9. The summed E-state index contributed by atoms with van der Waals surface area (Å²) >= 11 is 0.